The Morgan fingerprint density at radius 3 is 2.95 bits per heavy atom. The molecule has 2 aromatic heterocycles. The molecule has 0 aliphatic rings. The van der Waals surface area contributed by atoms with Crippen molar-refractivity contribution in [2.45, 2.75) is 13.5 Å². The Bertz CT molecular complexity index is 630. The van der Waals surface area contributed by atoms with Gasteiger partial charge in [0.05, 0.1) is 4.92 Å². The Balaban J connectivity index is 2.20. The standard InChI is InChI=1S/C9H10N6O4/c1-5-6(15(17)18)3-11-14(5)4-7-12-9(19-13-7)8(16)10-2/h3H,4H2,1-2H3,(H,10,16). The van der Waals surface area contributed by atoms with E-state index in [2.05, 4.69) is 20.6 Å². The van der Waals surface area contributed by atoms with E-state index in [0.29, 0.717) is 5.69 Å². The molecule has 0 spiro atoms. The average molecular weight is 266 g/mol. The van der Waals surface area contributed by atoms with Crippen LogP contribution >= 0.6 is 0 Å². The van der Waals surface area contributed by atoms with Gasteiger partial charge in [0.15, 0.2) is 5.82 Å². The maximum absolute atomic E-state index is 11.2. The lowest BCUT2D eigenvalue weighted by Crippen LogP contribution is -2.18. The van der Waals surface area contributed by atoms with Crippen molar-refractivity contribution in [3.05, 3.63) is 33.7 Å². The van der Waals surface area contributed by atoms with Crippen molar-refractivity contribution in [2.75, 3.05) is 7.05 Å². The van der Waals surface area contributed by atoms with Gasteiger partial charge >= 0.3 is 17.5 Å². The summed E-state index contributed by atoms with van der Waals surface area (Å²) in [5, 5.41) is 20.5. The number of nitro groups is 1. The third kappa shape index (κ3) is 2.41. The molecule has 10 heteroatoms. The van der Waals surface area contributed by atoms with Crippen LogP contribution in [0.1, 0.15) is 22.2 Å². The molecule has 2 rings (SSSR count). The fraction of sp³-hybridized carbons (Fsp3) is 0.333. The lowest BCUT2D eigenvalue weighted by Gasteiger charge is -1.98. The SMILES string of the molecule is CNC(=O)c1nc(Cn2ncc([N+](=O)[O-])c2C)no1. The molecule has 0 fully saturated rings. The van der Waals surface area contributed by atoms with Crippen LogP contribution in [-0.2, 0) is 6.54 Å². The number of amides is 1. The second-order valence-electron chi connectivity index (χ2n) is 3.62. The number of aromatic nitrogens is 4. The third-order valence-electron chi connectivity index (χ3n) is 2.45. The van der Waals surface area contributed by atoms with Crippen molar-refractivity contribution in [3.63, 3.8) is 0 Å². The molecule has 0 bridgehead atoms. The van der Waals surface area contributed by atoms with Crippen LogP contribution in [0.2, 0.25) is 0 Å². The highest BCUT2D eigenvalue weighted by molar-refractivity contribution is 5.89. The van der Waals surface area contributed by atoms with Gasteiger partial charge in [-0.3, -0.25) is 19.6 Å². The lowest BCUT2D eigenvalue weighted by molar-refractivity contribution is -0.385. The zero-order valence-electron chi connectivity index (χ0n) is 10.2. The van der Waals surface area contributed by atoms with Crippen molar-refractivity contribution in [1.29, 1.82) is 0 Å². The van der Waals surface area contributed by atoms with Crippen molar-refractivity contribution in [1.82, 2.24) is 25.2 Å². The van der Waals surface area contributed by atoms with Gasteiger partial charge < -0.3 is 9.84 Å². The summed E-state index contributed by atoms with van der Waals surface area (Å²) in [6.45, 7) is 1.64. The van der Waals surface area contributed by atoms with Crippen LogP contribution in [-0.4, -0.2) is 37.8 Å². The third-order valence-corrected chi connectivity index (χ3v) is 2.45. The first-order valence-electron chi connectivity index (χ1n) is 5.24. The smallest absolute Gasteiger partial charge is 0.315 e. The lowest BCUT2D eigenvalue weighted by atomic mass is 10.4. The van der Waals surface area contributed by atoms with E-state index < -0.39 is 10.8 Å². The van der Waals surface area contributed by atoms with E-state index in [1.54, 1.807) is 6.92 Å². The molecule has 2 aromatic rings. The topological polar surface area (TPSA) is 129 Å². The first-order valence-corrected chi connectivity index (χ1v) is 5.24. The minimum Gasteiger partial charge on any atom is -0.351 e. The van der Waals surface area contributed by atoms with Crippen LogP contribution in [0, 0.1) is 17.0 Å². The predicted octanol–water partition coefficient (Wildman–Crippen LogP) is -0.109. The molecule has 0 atom stereocenters. The zero-order chi connectivity index (χ0) is 14.0. The molecular weight excluding hydrogens is 256 g/mol. The second kappa shape index (κ2) is 4.84. The molecule has 10 nitrogen and oxygen atoms in total. The van der Waals surface area contributed by atoms with Crippen molar-refractivity contribution in [2.24, 2.45) is 0 Å². The molecule has 0 aliphatic heterocycles. The normalized spacial score (nSPS) is 10.4. The maximum Gasteiger partial charge on any atom is 0.315 e. The number of carbonyl (C=O) groups is 1. The second-order valence-corrected chi connectivity index (χ2v) is 3.62. The number of hydrogen-bond acceptors (Lipinski definition) is 7. The van der Waals surface area contributed by atoms with E-state index in [-0.39, 0.29) is 23.9 Å². The largest absolute Gasteiger partial charge is 0.351 e. The van der Waals surface area contributed by atoms with Gasteiger partial charge in [-0.05, 0) is 6.92 Å². The number of nitrogens with one attached hydrogen (secondary N) is 1. The van der Waals surface area contributed by atoms with Gasteiger partial charge in [0.25, 0.3) is 0 Å². The summed E-state index contributed by atoms with van der Waals surface area (Å²) >= 11 is 0. The van der Waals surface area contributed by atoms with Crippen LogP contribution in [0.25, 0.3) is 0 Å². The van der Waals surface area contributed by atoms with Crippen molar-refractivity contribution >= 4 is 11.6 Å². The van der Waals surface area contributed by atoms with E-state index in [9.17, 15) is 14.9 Å². The molecule has 0 aromatic carbocycles. The van der Waals surface area contributed by atoms with E-state index in [1.165, 1.54) is 11.7 Å². The fourth-order valence-corrected chi connectivity index (χ4v) is 1.43. The van der Waals surface area contributed by atoms with Gasteiger partial charge in [-0.2, -0.15) is 10.1 Å². The van der Waals surface area contributed by atoms with Gasteiger partial charge in [0.1, 0.15) is 18.4 Å². The summed E-state index contributed by atoms with van der Waals surface area (Å²) in [5.74, 6) is -0.460. The number of rotatable bonds is 4. The first kappa shape index (κ1) is 12.7. The molecule has 0 radical (unpaired) electrons. The van der Waals surface area contributed by atoms with Crippen LogP contribution in [0.4, 0.5) is 5.69 Å². The summed E-state index contributed by atoms with van der Waals surface area (Å²) in [4.78, 5) is 25.2. The van der Waals surface area contributed by atoms with Gasteiger partial charge in [-0.1, -0.05) is 5.16 Å². The molecule has 100 valence electrons. The summed E-state index contributed by atoms with van der Waals surface area (Å²) in [6, 6.07) is 0. The van der Waals surface area contributed by atoms with Gasteiger partial charge in [0.2, 0.25) is 0 Å². The van der Waals surface area contributed by atoms with E-state index in [1.807, 2.05) is 0 Å². The summed E-state index contributed by atoms with van der Waals surface area (Å²) in [5.41, 5.74) is 0.284. The summed E-state index contributed by atoms with van der Waals surface area (Å²) in [7, 11) is 1.44. The Labute approximate surface area is 106 Å². The zero-order valence-corrected chi connectivity index (χ0v) is 10.2. The molecule has 0 saturated carbocycles. The molecule has 1 amide bonds. The van der Waals surface area contributed by atoms with Crippen molar-refractivity contribution < 1.29 is 14.2 Å². The number of carbonyl (C=O) groups excluding carboxylic acids is 1. The quantitative estimate of drug-likeness (QED) is 0.603. The van der Waals surface area contributed by atoms with Gasteiger partial charge in [-0.15, -0.1) is 0 Å². The number of nitrogens with zero attached hydrogens (tertiary/aromatic N) is 5. The Hall–Kier alpha value is -2.78. The van der Waals surface area contributed by atoms with E-state index >= 15 is 0 Å². The Morgan fingerprint density at radius 1 is 1.63 bits per heavy atom. The van der Waals surface area contributed by atoms with Gasteiger partial charge in [0, 0.05) is 7.05 Å². The highest BCUT2D eigenvalue weighted by Gasteiger charge is 2.19. The molecular formula is C9H10N6O4. The molecule has 1 N–H and O–H groups in total. The molecule has 0 saturated heterocycles. The fourth-order valence-electron chi connectivity index (χ4n) is 1.43. The van der Waals surface area contributed by atoms with Crippen LogP contribution in [0.5, 0.6) is 0 Å². The Morgan fingerprint density at radius 2 is 2.37 bits per heavy atom. The molecule has 2 heterocycles. The van der Waals surface area contributed by atoms with E-state index in [4.69, 9.17) is 4.52 Å². The summed E-state index contributed by atoms with van der Waals surface area (Å²) in [6.07, 6.45) is 1.15. The molecule has 19 heavy (non-hydrogen) atoms. The minimum atomic E-state index is -0.523. The number of hydrogen-bond donors (Lipinski definition) is 1. The monoisotopic (exact) mass is 266 g/mol. The van der Waals surface area contributed by atoms with Crippen molar-refractivity contribution in [3.8, 4) is 0 Å². The predicted molar refractivity (Wildman–Crippen MR) is 60.4 cm³/mol. The van der Waals surface area contributed by atoms with Crippen LogP contribution < -0.4 is 5.32 Å². The minimum absolute atomic E-state index is 0.0835. The van der Waals surface area contributed by atoms with Crippen LogP contribution in [0.15, 0.2) is 10.7 Å². The highest BCUT2D eigenvalue weighted by Crippen LogP contribution is 2.16. The molecule has 0 unspecified atom stereocenters. The Kier molecular flexibility index (Phi) is 3.23. The molecule has 0 aliphatic carbocycles. The van der Waals surface area contributed by atoms with E-state index in [0.717, 1.165) is 6.20 Å². The maximum atomic E-state index is 11.2. The average Bonchev–Trinajstić information content (AvgIpc) is 2.97. The first-order chi connectivity index (χ1) is 9.02. The van der Waals surface area contributed by atoms with Crippen LogP contribution in [0.3, 0.4) is 0 Å². The highest BCUT2D eigenvalue weighted by atomic mass is 16.6. The van der Waals surface area contributed by atoms with Gasteiger partial charge in [-0.25, -0.2) is 0 Å². The summed E-state index contributed by atoms with van der Waals surface area (Å²) < 4.78 is 6.09.